The van der Waals surface area contributed by atoms with E-state index in [0.717, 1.165) is 3.57 Å². The van der Waals surface area contributed by atoms with Crippen molar-refractivity contribution in [3.8, 4) is 17.2 Å². The minimum absolute atomic E-state index is 0.188. The fraction of sp³-hybridized carbons (Fsp3) is 0.188. The van der Waals surface area contributed by atoms with Gasteiger partial charge in [-0.05, 0) is 90.0 Å². The summed E-state index contributed by atoms with van der Waals surface area (Å²) < 4.78 is 24.5. The zero-order valence-corrected chi connectivity index (χ0v) is 26.7. The van der Waals surface area contributed by atoms with Crippen LogP contribution in [0.4, 0.5) is 0 Å². The van der Waals surface area contributed by atoms with Crippen molar-refractivity contribution in [1.82, 2.24) is 4.57 Å². The Kier molecular flexibility index (Phi) is 9.11. The summed E-state index contributed by atoms with van der Waals surface area (Å²) in [7, 11) is 3.05. The number of benzene rings is 3. The Morgan fingerprint density at radius 3 is 2.42 bits per heavy atom. The number of fused-ring (bicyclic) bond motifs is 1. The number of aromatic nitrogens is 1. The van der Waals surface area contributed by atoms with Gasteiger partial charge >= 0.3 is 11.9 Å². The van der Waals surface area contributed by atoms with E-state index in [1.54, 1.807) is 69.5 Å². The molecule has 1 aromatic heterocycles. The summed E-state index contributed by atoms with van der Waals surface area (Å²) >= 11 is 3.29. The lowest BCUT2D eigenvalue weighted by Crippen LogP contribution is -2.39. The molecule has 3 aromatic carbocycles. The molecule has 0 N–H and O–H groups in total. The summed E-state index contributed by atoms with van der Waals surface area (Å²) in [6.45, 7) is 3.66. The number of halogens is 1. The van der Waals surface area contributed by atoms with Crippen LogP contribution >= 0.6 is 33.9 Å². The number of rotatable bonds is 8. The summed E-state index contributed by atoms with van der Waals surface area (Å²) in [5, 5.41) is 0. The van der Waals surface area contributed by atoms with Gasteiger partial charge in [0.15, 0.2) is 16.3 Å². The number of nitrogens with zero attached hydrogens (tertiary/aromatic N) is 2. The number of carbonyl (C=O) groups is 2. The Morgan fingerprint density at radius 2 is 1.74 bits per heavy atom. The molecule has 0 saturated heterocycles. The number of methoxy groups -OCH3 is 2. The molecule has 0 aliphatic carbocycles. The molecule has 9 nitrogen and oxygen atoms in total. The summed E-state index contributed by atoms with van der Waals surface area (Å²) in [5.74, 6) is 0.197. The smallest absolute Gasteiger partial charge is 0.344 e. The minimum atomic E-state index is -0.736. The average molecular weight is 711 g/mol. The maximum absolute atomic E-state index is 13.9. The van der Waals surface area contributed by atoms with Crippen molar-refractivity contribution in [1.29, 1.82) is 0 Å². The van der Waals surface area contributed by atoms with Crippen molar-refractivity contribution in [2.75, 3.05) is 20.8 Å². The van der Waals surface area contributed by atoms with Crippen LogP contribution in [0, 0.1) is 3.57 Å². The van der Waals surface area contributed by atoms with Crippen LogP contribution in [0.5, 0.6) is 17.2 Å². The molecule has 5 rings (SSSR count). The molecule has 0 bridgehead atoms. The fourth-order valence-electron chi connectivity index (χ4n) is 4.68. The highest BCUT2D eigenvalue weighted by Crippen LogP contribution is 2.32. The quantitative estimate of drug-likeness (QED) is 0.149. The van der Waals surface area contributed by atoms with Gasteiger partial charge in [-0.2, -0.15) is 0 Å². The first-order valence-corrected chi connectivity index (χ1v) is 15.1. The van der Waals surface area contributed by atoms with E-state index in [0.29, 0.717) is 48.8 Å². The van der Waals surface area contributed by atoms with E-state index in [1.807, 2.05) is 24.3 Å². The molecule has 0 spiro atoms. The van der Waals surface area contributed by atoms with Crippen molar-refractivity contribution in [3.05, 3.63) is 118 Å². The van der Waals surface area contributed by atoms with E-state index >= 15 is 0 Å². The molecule has 43 heavy (non-hydrogen) atoms. The third-order valence-corrected chi connectivity index (χ3v) is 8.65. The predicted molar refractivity (Wildman–Crippen MR) is 171 cm³/mol. The highest BCUT2D eigenvalue weighted by Gasteiger charge is 2.33. The molecular weight excluding hydrogens is 683 g/mol. The molecule has 1 atom stereocenters. The van der Waals surface area contributed by atoms with Gasteiger partial charge in [-0.25, -0.2) is 14.6 Å². The first-order valence-electron chi connectivity index (χ1n) is 13.2. The molecule has 1 unspecified atom stereocenters. The molecule has 11 heteroatoms. The summed E-state index contributed by atoms with van der Waals surface area (Å²) in [5.41, 5.74) is 2.27. The molecule has 0 radical (unpaired) electrons. The van der Waals surface area contributed by atoms with Gasteiger partial charge in [0.05, 0.1) is 48.2 Å². The molecule has 1 aliphatic rings. The predicted octanol–water partition coefficient (Wildman–Crippen LogP) is 4.64. The zero-order chi connectivity index (χ0) is 30.7. The lowest BCUT2D eigenvalue weighted by Gasteiger charge is -2.24. The number of hydrogen-bond acceptors (Lipinski definition) is 9. The molecule has 0 amide bonds. The van der Waals surface area contributed by atoms with Gasteiger partial charge in [0, 0.05) is 3.57 Å². The van der Waals surface area contributed by atoms with Crippen LogP contribution in [0.15, 0.2) is 87.8 Å². The minimum Gasteiger partial charge on any atom is -0.497 e. The Balaban J connectivity index is 1.56. The molecule has 220 valence electrons. The van der Waals surface area contributed by atoms with Gasteiger partial charge in [-0.15, -0.1) is 0 Å². The van der Waals surface area contributed by atoms with E-state index in [1.165, 1.54) is 23.0 Å². The number of thiazole rings is 1. The van der Waals surface area contributed by atoms with Gasteiger partial charge in [-0.1, -0.05) is 41.7 Å². The molecule has 1 aliphatic heterocycles. The van der Waals surface area contributed by atoms with Gasteiger partial charge < -0.3 is 18.9 Å². The number of hydrogen-bond donors (Lipinski definition) is 0. The van der Waals surface area contributed by atoms with Crippen molar-refractivity contribution >= 4 is 51.9 Å². The maximum atomic E-state index is 13.9. The summed E-state index contributed by atoms with van der Waals surface area (Å²) in [6, 6.07) is 18.6. The fourth-order valence-corrected chi connectivity index (χ4v) is 6.34. The van der Waals surface area contributed by atoms with E-state index in [2.05, 4.69) is 27.6 Å². The largest absolute Gasteiger partial charge is 0.497 e. The van der Waals surface area contributed by atoms with Crippen LogP contribution in [-0.2, 0) is 9.53 Å². The van der Waals surface area contributed by atoms with Crippen molar-refractivity contribution in [2.24, 2.45) is 4.99 Å². The lowest BCUT2D eigenvalue weighted by atomic mass is 9.96. The van der Waals surface area contributed by atoms with Gasteiger partial charge in [0.1, 0.15) is 5.75 Å². The van der Waals surface area contributed by atoms with Crippen LogP contribution in [0.3, 0.4) is 0 Å². The Labute approximate surface area is 264 Å². The molecule has 2 heterocycles. The maximum Gasteiger partial charge on any atom is 0.344 e. The van der Waals surface area contributed by atoms with Crippen molar-refractivity contribution < 1.29 is 28.5 Å². The van der Waals surface area contributed by atoms with Crippen molar-refractivity contribution in [3.63, 3.8) is 0 Å². The van der Waals surface area contributed by atoms with Crippen LogP contribution < -0.4 is 29.1 Å². The Morgan fingerprint density at radius 1 is 1.00 bits per heavy atom. The standard InChI is InChI=1S/C32H27IN2O7S/c1-5-41-31(38)27-18(2)34-32-35(28(27)20-11-13-21(39-3)14-12-20)29(36)26(43-32)17-19-10-15-24(25(16-19)40-4)42-30(37)22-8-6-7-9-23(22)33/h6-17,28H,5H2,1-4H3/b26-17-. The van der Waals surface area contributed by atoms with Gasteiger partial charge in [0.25, 0.3) is 5.56 Å². The van der Waals surface area contributed by atoms with Gasteiger partial charge in [-0.3, -0.25) is 9.36 Å². The Bertz CT molecular complexity index is 1930. The summed E-state index contributed by atoms with van der Waals surface area (Å²) in [6.07, 6.45) is 1.71. The van der Waals surface area contributed by atoms with Crippen LogP contribution in [0.1, 0.15) is 41.4 Å². The number of carbonyl (C=O) groups excluding carboxylic acids is 2. The lowest BCUT2D eigenvalue weighted by molar-refractivity contribution is -0.139. The third kappa shape index (κ3) is 6.13. The number of esters is 2. The van der Waals surface area contributed by atoms with E-state index in [-0.39, 0.29) is 17.9 Å². The molecule has 4 aromatic rings. The molecular formula is C32H27IN2O7S. The highest BCUT2D eigenvalue weighted by molar-refractivity contribution is 14.1. The monoisotopic (exact) mass is 710 g/mol. The summed E-state index contributed by atoms with van der Waals surface area (Å²) in [4.78, 5) is 44.8. The number of ether oxygens (including phenoxy) is 4. The van der Waals surface area contributed by atoms with E-state index in [4.69, 9.17) is 18.9 Å². The van der Waals surface area contributed by atoms with Crippen LogP contribution in [0.25, 0.3) is 6.08 Å². The average Bonchev–Trinajstić information content (AvgIpc) is 3.31. The van der Waals surface area contributed by atoms with Gasteiger partial charge in [0.2, 0.25) is 0 Å². The molecule has 0 fully saturated rings. The Hall–Kier alpha value is -4.23. The normalized spacial score (nSPS) is 14.5. The second-order valence-corrected chi connectivity index (χ2v) is 11.5. The second kappa shape index (κ2) is 13.0. The highest BCUT2D eigenvalue weighted by atomic mass is 127. The first-order chi connectivity index (χ1) is 20.7. The molecule has 0 saturated carbocycles. The first kappa shape index (κ1) is 30.2. The van der Waals surface area contributed by atoms with Crippen LogP contribution in [-0.4, -0.2) is 37.3 Å². The van der Waals surface area contributed by atoms with Crippen molar-refractivity contribution in [2.45, 2.75) is 19.9 Å². The van der Waals surface area contributed by atoms with E-state index < -0.39 is 18.0 Å². The van der Waals surface area contributed by atoms with E-state index in [9.17, 15) is 14.4 Å². The van der Waals surface area contributed by atoms with Crippen LogP contribution in [0.2, 0.25) is 0 Å². The third-order valence-electron chi connectivity index (χ3n) is 6.73. The number of allylic oxidation sites excluding steroid dienone is 1. The zero-order valence-electron chi connectivity index (χ0n) is 23.8. The second-order valence-electron chi connectivity index (χ2n) is 9.36. The topological polar surface area (TPSA) is 105 Å². The SMILES string of the molecule is CCOC(=O)C1=C(C)N=c2s/c(=C\c3ccc(OC(=O)c4ccccc4I)c(OC)c3)c(=O)n2C1c1ccc(OC)cc1.